The molecule has 0 aliphatic heterocycles. The van der Waals surface area contributed by atoms with Crippen LogP contribution < -0.4 is 11.1 Å². The van der Waals surface area contributed by atoms with Crippen molar-refractivity contribution in [2.24, 2.45) is 5.73 Å². The summed E-state index contributed by atoms with van der Waals surface area (Å²) >= 11 is 5.95. The summed E-state index contributed by atoms with van der Waals surface area (Å²) in [7, 11) is 1.24. The number of anilines is 1. The second kappa shape index (κ2) is 9.25. The molecule has 0 fully saturated rings. The second-order valence-electron chi connectivity index (χ2n) is 5.71. The lowest BCUT2D eigenvalue weighted by atomic mass is 10.0. The molecule has 0 spiro atoms. The van der Waals surface area contributed by atoms with Crippen LogP contribution in [-0.2, 0) is 14.3 Å². The molecular weight excluding hydrogens is 375 g/mol. The van der Waals surface area contributed by atoms with Crippen molar-refractivity contribution in [1.29, 1.82) is 0 Å². The third-order valence-electron chi connectivity index (χ3n) is 3.83. The van der Waals surface area contributed by atoms with E-state index in [1.54, 1.807) is 0 Å². The number of amides is 1. The third kappa shape index (κ3) is 5.35. The van der Waals surface area contributed by atoms with Crippen molar-refractivity contribution in [3.63, 3.8) is 0 Å². The monoisotopic (exact) mass is 392 g/mol. The summed E-state index contributed by atoms with van der Waals surface area (Å²) in [6.45, 7) is 0. The van der Waals surface area contributed by atoms with Crippen LogP contribution in [-0.4, -0.2) is 30.8 Å². The van der Waals surface area contributed by atoms with Crippen molar-refractivity contribution in [1.82, 2.24) is 0 Å². The van der Waals surface area contributed by atoms with E-state index in [-0.39, 0.29) is 34.7 Å². The molecule has 0 heterocycles. The summed E-state index contributed by atoms with van der Waals surface area (Å²) < 4.78 is 18.5. The van der Waals surface area contributed by atoms with Gasteiger partial charge in [-0.15, -0.1) is 0 Å². The predicted molar refractivity (Wildman–Crippen MR) is 99.1 cm³/mol. The maximum atomic E-state index is 14.0. The van der Waals surface area contributed by atoms with Crippen molar-refractivity contribution < 1.29 is 23.5 Å². The van der Waals surface area contributed by atoms with Crippen molar-refractivity contribution >= 4 is 34.9 Å². The Hall–Kier alpha value is -2.77. The number of carbonyl (C=O) groups is 3. The summed E-state index contributed by atoms with van der Waals surface area (Å²) in [6.07, 6.45) is 0.0510. The molecule has 1 unspecified atom stereocenters. The van der Waals surface area contributed by atoms with Gasteiger partial charge >= 0.3 is 5.97 Å². The fourth-order valence-electron chi connectivity index (χ4n) is 2.34. The van der Waals surface area contributed by atoms with E-state index in [1.165, 1.54) is 49.6 Å². The highest BCUT2D eigenvalue weighted by atomic mass is 35.5. The zero-order valence-electron chi connectivity index (χ0n) is 14.5. The standard InChI is InChI=1S/C19H18ClFN2O4/c1-27-17(24)9-7-15(22)19(26)23-16-8-6-11(20)10-13(16)18(25)12-4-2-3-5-14(12)21/h2-6,8,10,15H,7,9,22H2,1H3,(H,23,26). The highest BCUT2D eigenvalue weighted by Gasteiger charge is 2.21. The Morgan fingerprint density at radius 1 is 1.19 bits per heavy atom. The van der Waals surface area contributed by atoms with Crippen LogP contribution in [0.5, 0.6) is 0 Å². The SMILES string of the molecule is COC(=O)CCC(N)C(=O)Nc1ccc(Cl)cc1C(=O)c1ccccc1F. The van der Waals surface area contributed by atoms with Gasteiger partial charge in [0.05, 0.1) is 24.4 Å². The number of hydrogen-bond acceptors (Lipinski definition) is 5. The zero-order chi connectivity index (χ0) is 20.0. The predicted octanol–water partition coefficient (Wildman–Crippen LogP) is 2.93. The highest BCUT2D eigenvalue weighted by Crippen LogP contribution is 2.25. The van der Waals surface area contributed by atoms with Gasteiger partial charge in [-0.3, -0.25) is 14.4 Å². The van der Waals surface area contributed by atoms with Crippen LogP contribution in [0.15, 0.2) is 42.5 Å². The van der Waals surface area contributed by atoms with Gasteiger partial charge in [-0.2, -0.15) is 0 Å². The van der Waals surface area contributed by atoms with E-state index >= 15 is 0 Å². The molecule has 142 valence electrons. The first kappa shape index (κ1) is 20.5. The van der Waals surface area contributed by atoms with Crippen molar-refractivity contribution in [3.8, 4) is 0 Å². The molecule has 3 N–H and O–H groups in total. The minimum absolute atomic E-state index is 0.0211. The number of rotatable bonds is 7. The molecule has 6 nitrogen and oxygen atoms in total. The van der Waals surface area contributed by atoms with Crippen LogP contribution in [0.25, 0.3) is 0 Å². The van der Waals surface area contributed by atoms with Crippen LogP contribution >= 0.6 is 11.6 Å². The minimum Gasteiger partial charge on any atom is -0.469 e. The molecule has 27 heavy (non-hydrogen) atoms. The Kier molecular flexibility index (Phi) is 7.04. The van der Waals surface area contributed by atoms with E-state index in [2.05, 4.69) is 10.1 Å². The second-order valence-corrected chi connectivity index (χ2v) is 6.15. The Labute approximate surface area is 160 Å². The highest BCUT2D eigenvalue weighted by molar-refractivity contribution is 6.31. The zero-order valence-corrected chi connectivity index (χ0v) is 15.3. The molecule has 1 atom stereocenters. The number of esters is 1. The van der Waals surface area contributed by atoms with Gasteiger partial charge in [0, 0.05) is 17.0 Å². The van der Waals surface area contributed by atoms with Crippen molar-refractivity contribution in [2.75, 3.05) is 12.4 Å². The quantitative estimate of drug-likeness (QED) is 0.557. The van der Waals surface area contributed by atoms with Gasteiger partial charge in [-0.05, 0) is 36.8 Å². The Morgan fingerprint density at radius 3 is 2.56 bits per heavy atom. The fourth-order valence-corrected chi connectivity index (χ4v) is 2.51. The lowest BCUT2D eigenvalue weighted by Crippen LogP contribution is -2.36. The van der Waals surface area contributed by atoms with Crippen LogP contribution in [0, 0.1) is 5.82 Å². The number of nitrogens with two attached hydrogens (primary N) is 1. The summed E-state index contributed by atoms with van der Waals surface area (Å²) in [5.41, 5.74) is 5.79. The molecule has 2 aromatic rings. The van der Waals surface area contributed by atoms with Crippen molar-refractivity contribution in [3.05, 3.63) is 64.4 Å². The Morgan fingerprint density at radius 2 is 1.89 bits per heavy atom. The lowest BCUT2D eigenvalue weighted by Gasteiger charge is -2.15. The minimum atomic E-state index is -0.990. The van der Waals surface area contributed by atoms with Gasteiger partial charge in [0.1, 0.15) is 5.82 Å². The Bertz CT molecular complexity index is 873. The fraction of sp³-hybridized carbons (Fsp3) is 0.211. The van der Waals surface area contributed by atoms with Crippen LogP contribution in [0.1, 0.15) is 28.8 Å². The first-order valence-corrected chi connectivity index (χ1v) is 8.43. The number of ether oxygens (including phenoxy) is 1. The molecule has 0 aliphatic carbocycles. The lowest BCUT2D eigenvalue weighted by molar-refractivity contribution is -0.140. The summed E-state index contributed by atoms with van der Waals surface area (Å²) in [5.74, 6) is -2.40. The van der Waals surface area contributed by atoms with E-state index in [1.807, 2.05) is 0 Å². The number of halogens is 2. The van der Waals surface area contributed by atoms with E-state index in [4.69, 9.17) is 17.3 Å². The smallest absolute Gasteiger partial charge is 0.305 e. The number of carbonyl (C=O) groups excluding carboxylic acids is 3. The number of ketones is 1. The van der Waals surface area contributed by atoms with Gasteiger partial charge in [0.2, 0.25) is 5.91 Å². The topological polar surface area (TPSA) is 98.5 Å². The molecule has 0 bridgehead atoms. The average molecular weight is 393 g/mol. The molecule has 0 saturated heterocycles. The Balaban J connectivity index is 2.23. The van der Waals surface area contributed by atoms with E-state index in [9.17, 15) is 18.8 Å². The van der Waals surface area contributed by atoms with Gasteiger partial charge in [0.15, 0.2) is 5.78 Å². The van der Waals surface area contributed by atoms with Gasteiger partial charge in [-0.1, -0.05) is 23.7 Å². The van der Waals surface area contributed by atoms with E-state index in [0.717, 1.165) is 0 Å². The normalized spacial score (nSPS) is 11.6. The largest absolute Gasteiger partial charge is 0.469 e. The van der Waals surface area contributed by atoms with Crippen LogP contribution in [0.3, 0.4) is 0 Å². The maximum absolute atomic E-state index is 14.0. The molecule has 2 rings (SSSR count). The van der Waals surface area contributed by atoms with Gasteiger partial charge in [-0.25, -0.2) is 4.39 Å². The number of hydrogen-bond donors (Lipinski definition) is 2. The molecule has 0 saturated carbocycles. The maximum Gasteiger partial charge on any atom is 0.305 e. The average Bonchev–Trinajstić information content (AvgIpc) is 2.66. The van der Waals surface area contributed by atoms with Gasteiger partial charge in [0.25, 0.3) is 0 Å². The summed E-state index contributed by atoms with van der Waals surface area (Å²) in [4.78, 5) is 36.1. The van der Waals surface area contributed by atoms with E-state index < -0.39 is 29.5 Å². The number of methoxy groups -OCH3 is 1. The third-order valence-corrected chi connectivity index (χ3v) is 4.06. The first-order valence-electron chi connectivity index (χ1n) is 8.05. The number of benzene rings is 2. The van der Waals surface area contributed by atoms with Crippen LogP contribution in [0.2, 0.25) is 5.02 Å². The summed E-state index contributed by atoms with van der Waals surface area (Å²) in [5, 5.41) is 2.78. The van der Waals surface area contributed by atoms with Crippen LogP contribution in [0.4, 0.5) is 10.1 Å². The molecule has 2 aromatic carbocycles. The van der Waals surface area contributed by atoms with E-state index in [0.29, 0.717) is 0 Å². The molecular formula is C19H18ClFN2O4. The molecule has 0 radical (unpaired) electrons. The number of nitrogens with one attached hydrogen (secondary N) is 1. The summed E-state index contributed by atoms with van der Waals surface area (Å²) in [6, 6.07) is 8.76. The molecule has 0 aliphatic rings. The molecule has 8 heteroatoms. The molecule has 0 aromatic heterocycles. The molecule has 1 amide bonds. The van der Waals surface area contributed by atoms with Crippen molar-refractivity contribution in [2.45, 2.75) is 18.9 Å². The van der Waals surface area contributed by atoms with Gasteiger partial charge < -0.3 is 15.8 Å². The first-order chi connectivity index (χ1) is 12.8.